The molecule has 1 rings (SSSR count). The fraction of sp³-hybridized carbons (Fsp3) is 0.500. The number of hydrogen-bond donors (Lipinski definition) is 1. The molecule has 3 heteroatoms. The van der Waals surface area contributed by atoms with Gasteiger partial charge in [-0.3, -0.25) is 4.90 Å². The van der Waals surface area contributed by atoms with Crippen LogP contribution in [0.5, 0.6) is 0 Å². The number of nitrogens with two attached hydrogens (primary N) is 1. The topological polar surface area (TPSA) is 29.3 Å². The molecule has 2 N–H and O–H groups in total. The minimum atomic E-state index is -0.180. The van der Waals surface area contributed by atoms with Crippen molar-refractivity contribution >= 4 is 0 Å². The highest BCUT2D eigenvalue weighted by atomic mass is 19.1. The molecule has 1 aromatic carbocycles. The lowest BCUT2D eigenvalue weighted by Crippen LogP contribution is -2.25. The molecule has 0 aromatic heterocycles. The second kappa shape index (κ2) is 8.68. The summed E-state index contributed by atoms with van der Waals surface area (Å²) in [6, 6.07) is 5.18. The summed E-state index contributed by atoms with van der Waals surface area (Å²) >= 11 is 0. The molecule has 0 atom stereocenters. The van der Waals surface area contributed by atoms with Crippen molar-refractivity contribution in [3.63, 3.8) is 0 Å². The highest BCUT2D eigenvalue weighted by molar-refractivity contribution is 5.37. The van der Waals surface area contributed by atoms with Gasteiger partial charge in [0.05, 0.1) is 6.54 Å². The smallest absolute Gasteiger partial charge is 0.128 e. The third-order valence-electron chi connectivity index (χ3n) is 2.86. The Morgan fingerprint density at radius 2 is 1.89 bits per heavy atom. The van der Waals surface area contributed by atoms with Gasteiger partial charge in [0.15, 0.2) is 0 Å². The molecule has 0 heterocycles. The predicted molar refractivity (Wildman–Crippen MR) is 78.2 cm³/mol. The maximum atomic E-state index is 14.0. The second-order valence-corrected chi connectivity index (χ2v) is 4.59. The quantitative estimate of drug-likeness (QED) is 0.799. The molecule has 0 fully saturated rings. The first kappa shape index (κ1) is 15.7. The molecule has 0 radical (unpaired) electrons. The Hall–Kier alpha value is -1.37. The van der Waals surface area contributed by atoms with Gasteiger partial charge in [-0.25, -0.2) is 4.39 Å². The molecular weight excluding hydrogens is 239 g/mol. The van der Waals surface area contributed by atoms with Crippen LogP contribution in [-0.4, -0.2) is 24.5 Å². The van der Waals surface area contributed by atoms with E-state index in [1.54, 1.807) is 0 Å². The Morgan fingerprint density at radius 3 is 2.42 bits per heavy atom. The fourth-order valence-electron chi connectivity index (χ4n) is 2.05. The summed E-state index contributed by atoms with van der Waals surface area (Å²) in [6.07, 6.45) is 2.17. The SMILES string of the molecule is CCCN(CCC)Cc1ccc(C#CCN)cc1F. The van der Waals surface area contributed by atoms with Crippen molar-refractivity contribution < 1.29 is 4.39 Å². The molecule has 0 aliphatic heterocycles. The maximum absolute atomic E-state index is 14.0. The average molecular weight is 262 g/mol. The summed E-state index contributed by atoms with van der Waals surface area (Å²) in [5.41, 5.74) is 6.72. The van der Waals surface area contributed by atoms with Gasteiger partial charge in [0.1, 0.15) is 5.82 Å². The van der Waals surface area contributed by atoms with E-state index in [-0.39, 0.29) is 5.82 Å². The molecule has 0 unspecified atom stereocenters. The number of benzene rings is 1. The summed E-state index contributed by atoms with van der Waals surface area (Å²) in [7, 11) is 0. The zero-order valence-corrected chi connectivity index (χ0v) is 11.9. The van der Waals surface area contributed by atoms with Crippen molar-refractivity contribution in [1.82, 2.24) is 4.90 Å². The molecule has 0 amide bonds. The van der Waals surface area contributed by atoms with Crippen LogP contribution in [0.4, 0.5) is 4.39 Å². The minimum absolute atomic E-state index is 0.180. The summed E-state index contributed by atoms with van der Waals surface area (Å²) in [4.78, 5) is 2.28. The zero-order valence-electron chi connectivity index (χ0n) is 11.9. The van der Waals surface area contributed by atoms with E-state index in [0.717, 1.165) is 31.5 Å². The fourth-order valence-corrected chi connectivity index (χ4v) is 2.05. The largest absolute Gasteiger partial charge is 0.320 e. The molecule has 0 aliphatic carbocycles. The van der Waals surface area contributed by atoms with Crippen molar-refractivity contribution in [1.29, 1.82) is 0 Å². The normalized spacial score (nSPS) is 10.4. The summed E-state index contributed by atoms with van der Waals surface area (Å²) in [5.74, 6) is 5.40. The van der Waals surface area contributed by atoms with Gasteiger partial charge < -0.3 is 5.73 Å². The number of nitrogens with zero attached hydrogens (tertiary/aromatic N) is 1. The zero-order chi connectivity index (χ0) is 14.1. The second-order valence-electron chi connectivity index (χ2n) is 4.59. The molecule has 1 aromatic rings. The Labute approximate surface area is 115 Å². The lowest BCUT2D eigenvalue weighted by atomic mass is 10.1. The van der Waals surface area contributed by atoms with Crippen LogP contribution < -0.4 is 5.73 Å². The van der Waals surface area contributed by atoms with E-state index in [4.69, 9.17) is 5.73 Å². The van der Waals surface area contributed by atoms with E-state index in [0.29, 0.717) is 18.7 Å². The monoisotopic (exact) mass is 262 g/mol. The molecule has 0 aliphatic rings. The molecule has 2 nitrogen and oxygen atoms in total. The molecule has 19 heavy (non-hydrogen) atoms. The molecule has 0 spiro atoms. The van der Waals surface area contributed by atoms with Crippen LogP contribution >= 0.6 is 0 Å². The first-order valence-corrected chi connectivity index (χ1v) is 6.91. The highest BCUT2D eigenvalue weighted by Gasteiger charge is 2.08. The van der Waals surface area contributed by atoms with Crippen LogP contribution in [-0.2, 0) is 6.54 Å². The van der Waals surface area contributed by atoms with Gasteiger partial charge in [-0.05, 0) is 38.1 Å². The van der Waals surface area contributed by atoms with Crippen LogP contribution in [0.1, 0.15) is 37.8 Å². The third kappa shape index (κ3) is 5.42. The average Bonchev–Trinajstić information content (AvgIpc) is 2.39. The van der Waals surface area contributed by atoms with Gasteiger partial charge in [-0.2, -0.15) is 0 Å². The molecular formula is C16H23FN2. The van der Waals surface area contributed by atoms with Crippen LogP contribution in [0.25, 0.3) is 0 Å². The molecule has 104 valence electrons. The van der Waals surface area contributed by atoms with Crippen molar-refractivity contribution in [2.75, 3.05) is 19.6 Å². The van der Waals surface area contributed by atoms with Gasteiger partial charge >= 0.3 is 0 Å². The van der Waals surface area contributed by atoms with Crippen LogP contribution in [0, 0.1) is 17.7 Å². The summed E-state index contributed by atoms with van der Waals surface area (Å²) in [5, 5.41) is 0. The lowest BCUT2D eigenvalue weighted by Gasteiger charge is -2.21. The van der Waals surface area contributed by atoms with Gasteiger partial charge in [0.25, 0.3) is 0 Å². The summed E-state index contributed by atoms with van der Waals surface area (Å²) in [6.45, 7) is 7.25. The molecule has 0 saturated heterocycles. The van der Waals surface area contributed by atoms with E-state index < -0.39 is 0 Å². The van der Waals surface area contributed by atoms with Crippen LogP contribution in [0.2, 0.25) is 0 Å². The Morgan fingerprint density at radius 1 is 1.21 bits per heavy atom. The Balaban J connectivity index is 2.77. The first-order valence-electron chi connectivity index (χ1n) is 6.91. The van der Waals surface area contributed by atoms with Crippen molar-refractivity contribution in [2.45, 2.75) is 33.2 Å². The highest BCUT2D eigenvalue weighted by Crippen LogP contribution is 2.13. The predicted octanol–water partition coefficient (Wildman–Crippen LogP) is 2.76. The van der Waals surface area contributed by atoms with Gasteiger partial charge in [-0.15, -0.1) is 0 Å². The van der Waals surface area contributed by atoms with Crippen molar-refractivity contribution in [3.05, 3.63) is 35.1 Å². The number of halogens is 1. The maximum Gasteiger partial charge on any atom is 0.128 e. The van der Waals surface area contributed by atoms with Crippen molar-refractivity contribution in [2.24, 2.45) is 5.73 Å². The number of hydrogen-bond acceptors (Lipinski definition) is 2. The standard InChI is InChI=1S/C16H23FN2/c1-3-10-19(11-4-2)13-15-8-7-14(6-5-9-18)12-16(15)17/h7-8,12H,3-4,9-11,13,18H2,1-2H3. The van der Waals surface area contributed by atoms with Gasteiger partial charge in [0, 0.05) is 17.7 Å². The van der Waals surface area contributed by atoms with Gasteiger partial charge in [0.2, 0.25) is 0 Å². The lowest BCUT2D eigenvalue weighted by molar-refractivity contribution is 0.263. The summed E-state index contributed by atoms with van der Waals surface area (Å²) < 4.78 is 14.0. The molecule has 0 saturated carbocycles. The van der Waals surface area contributed by atoms with Crippen molar-refractivity contribution in [3.8, 4) is 11.8 Å². The van der Waals surface area contributed by atoms with Gasteiger partial charge in [-0.1, -0.05) is 31.8 Å². The van der Waals surface area contributed by atoms with E-state index in [1.165, 1.54) is 6.07 Å². The van der Waals surface area contributed by atoms with E-state index in [9.17, 15) is 4.39 Å². The molecule has 0 bridgehead atoms. The third-order valence-corrected chi connectivity index (χ3v) is 2.86. The van der Waals surface area contributed by atoms with E-state index in [2.05, 4.69) is 30.6 Å². The van der Waals surface area contributed by atoms with E-state index in [1.807, 2.05) is 12.1 Å². The van der Waals surface area contributed by atoms with E-state index >= 15 is 0 Å². The van der Waals surface area contributed by atoms with Crippen LogP contribution in [0.3, 0.4) is 0 Å². The van der Waals surface area contributed by atoms with Crippen LogP contribution in [0.15, 0.2) is 18.2 Å². The first-order chi connectivity index (χ1) is 9.21. The minimum Gasteiger partial charge on any atom is -0.320 e. The Kier molecular flexibility index (Phi) is 7.17. The Bertz CT molecular complexity index is 440. The number of rotatable bonds is 6.